The molecular weight excluding hydrogens is 246 g/mol. The van der Waals surface area contributed by atoms with Gasteiger partial charge in [-0.15, -0.1) is 0 Å². The zero-order valence-corrected chi connectivity index (χ0v) is 14.3. The van der Waals surface area contributed by atoms with Crippen molar-refractivity contribution in [1.29, 1.82) is 0 Å². The third kappa shape index (κ3) is 3.54. The van der Waals surface area contributed by atoms with Crippen molar-refractivity contribution < 1.29 is 5.11 Å². The Balaban J connectivity index is 3.59. The summed E-state index contributed by atoms with van der Waals surface area (Å²) in [6.07, 6.45) is 0. The van der Waals surface area contributed by atoms with E-state index >= 15 is 0 Å². The maximum atomic E-state index is 10.7. The van der Waals surface area contributed by atoms with E-state index in [-0.39, 0.29) is 22.8 Å². The molecule has 0 aliphatic rings. The summed E-state index contributed by atoms with van der Waals surface area (Å²) in [5.74, 6) is 0.712. The second-order valence-electron chi connectivity index (χ2n) is 8.11. The van der Waals surface area contributed by atoms with Crippen molar-refractivity contribution in [2.24, 2.45) is 5.73 Å². The fourth-order valence-electron chi connectivity index (χ4n) is 2.37. The molecule has 0 aliphatic heterocycles. The van der Waals surface area contributed by atoms with E-state index in [0.717, 1.165) is 11.1 Å². The number of rotatable bonds is 2. The van der Waals surface area contributed by atoms with Crippen LogP contribution in [0.1, 0.15) is 78.0 Å². The number of hydrogen-bond donors (Lipinski definition) is 2. The molecular formula is C18H31NO. The van der Waals surface area contributed by atoms with E-state index in [2.05, 4.69) is 60.6 Å². The topological polar surface area (TPSA) is 46.2 Å². The lowest BCUT2D eigenvalue weighted by Crippen LogP contribution is -2.24. The minimum absolute atomic E-state index is 0.0857. The third-order valence-electron chi connectivity index (χ3n) is 4.06. The van der Waals surface area contributed by atoms with Gasteiger partial charge < -0.3 is 10.8 Å². The van der Waals surface area contributed by atoms with Crippen LogP contribution in [0.3, 0.4) is 0 Å². The number of phenolic OH excluding ortho intramolecular Hbond substituents is 1. The van der Waals surface area contributed by atoms with Crippen molar-refractivity contribution in [3.63, 3.8) is 0 Å². The molecule has 1 rings (SSSR count). The molecule has 2 atom stereocenters. The van der Waals surface area contributed by atoms with Gasteiger partial charge in [0.05, 0.1) is 0 Å². The minimum atomic E-state index is -0.0857. The van der Waals surface area contributed by atoms with Crippen molar-refractivity contribution in [1.82, 2.24) is 0 Å². The molecule has 2 heteroatoms. The largest absolute Gasteiger partial charge is 0.507 e. The minimum Gasteiger partial charge on any atom is -0.507 e. The van der Waals surface area contributed by atoms with Crippen LogP contribution in [-0.4, -0.2) is 11.1 Å². The molecule has 1 aromatic rings. The highest BCUT2D eigenvalue weighted by Crippen LogP contribution is 2.41. The first-order chi connectivity index (χ1) is 8.85. The summed E-state index contributed by atoms with van der Waals surface area (Å²) in [5, 5.41) is 10.7. The van der Waals surface area contributed by atoms with Crippen LogP contribution in [0, 0.1) is 0 Å². The second-order valence-corrected chi connectivity index (χ2v) is 8.11. The van der Waals surface area contributed by atoms with Gasteiger partial charge in [0.25, 0.3) is 0 Å². The van der Waals surface area contributed by atoms with Gasteiger partial charge in [-0.2, -0.15) is 0 Å². The van der Waals surface area contributed by atoms with Gasteiger partial charge in [-0.1, -0.05) is 60.6 Å². The number of aromatic hydroxyl groups is 1. The molecule has 0 saturated heterocycles. The van der Waals surface area contributed by atoms with Crippen LogP contribution in [-0.2, 0) is 10.8 Å². The summed E-state index contributed by atoms with van der Waals surface area (Å²) in [4.78, 5) is 0. The van der Waals surface area contributed by atoms with Gasteiger partial charge in [-0.05, 0) is 40.4 Å². The van der Waals surface area contributed by atoms with E-state index in [0.29, 0.717) is 5.75 Å². The predicted molar refractivity (Wildman–Crippen MR) is 87.6 cm³/mol. The quantitative estimate of drug-likeness (QED) is 0.839. The van der Waals surface area contributed by atoms with Crippen molar-refractivity contribution in [3.05, 3.63) is 28.8 Å². The monoisotopic (exact) mass is 277 g/mol. The standard InChI is InChI=1S/C18H31NO/c1-11(12(2)19)13-9-14(17(3,4)5)16(20)15(10-13)18(6,7)8/h9-12,20H,19H2,1-8H3. The molecule has 3 N–H and O–H groups in total. The Morgan fingerprint density at radius 3 is 1.50 bits per heavy atom. The molecule has 114 valence electrons. The van der Waals surface area contributed by atoms with Crippen molar-refractivity contribution in [2.45, 2.75) is 78.2 Å². The molecule has 0 aliphatic carbocycles. The molecule has 0 heterocycles. The van der Waals surface area contributed by atoms with Gasteiger partial charge >= 0.3 is 0 Å². The van der Waals surface area contributed by atoms with Crippen LogP contribution in [0.4, 0.5) is 0 Å². The van der Waals surface area contributed by atoms with E-state index in [9.17, 15) is 5.11 Å². The molecule has 0 amide bonds. The highest BCUT2D eigenvalue weighted by Gasteiger charge is 2.27. The lowest BCUT2D eigenvalue weighted by atomic mass is 9.76. The van der Waals surface area contributed by atoms with Gasteiger partial charge in [-0.3, -0.25) is 0 Å². The Morgan fingerprint density at radius 1 is 0.900 bits per heavy atom. The fraction of sp³-hybridized carbons (Fsp3) is 0.667. The summed E-state index contributed by atoms with van der Waals surface area (Å²) >= 11 is 0. The van der Waals surface area contributed by atoms with E-state index in [1.165, 1.54) is 5.56 Å². The maximum absolute atomic E-state index is 10.7. The van der Waals surface area contributed by atoms with Crippen LogP contribution >= 0.6 is 0 Å². The Hall–Kier alpha value is -1.02. The summed E-state index contributed by atoms with van der Waals surface area (Å²) < 4.78 is 0. The molecule has 1 aromatic carbocycles. The summed E-state index contributed by atoms with van der Waals surface area (Å²) in [6.45, 7) is 17.0. The van der Waals surface area contributed by atoms with Crippen molar-refractivity contribution in [3.8, 4) is 5.75 Å². The Labute approximate surface area is 124 Å². The first kappa shape index (κ1) is 17.0. The molecule has 0 spiro atoms. The molecule has 2 nitrogen and oxygen atoms in total. The van der Waals surface area contributed by atoms with Gasteiger partial charge in [0.1, 0.15) is 5.75 Å². The Morgan fingerprint density at radius 2 is 1.25 bits per heavy atom. The van der Waals surface area contributed by atoms with Crippen LogP contribution in [0.15, 0.2) is 12.1 Å². The Kier molecular flexibility index (Phi) is 4.60. The van der Waals surface area contributed by atoms with Crippen LogP contribution in [0.5, 0.6) is 5.75 Å². The lowest BCUT2D eigenvalue weighted by molar-refractivity contribution is 0.421. The van der Waals surface area contributed by atoms with Crippen molar-refractivity contribution >= 4 is 0 Å². The second kappa shape index (κ2) is 5.40. The third-order valence-corrected chi connectivity index (χ3v) is 4.06. The van der Waals surface area contributed by atoms with Gasteiger partial charge in [0.15, 0.2) is 0 Å². The van der Waals surface area contributed by atoms with E-state index in [1.54, 1.807) is 0 Å². The normalized spacial score (nSPS) is 16.1. The summed E-state index contributed by atoms with van der Waals surface area (Å²) in [6, 6.07) is 4.34. The van der Waals surface area contributed by atoms with Gasteiger partial charge in [0.2, 0.25) is 0 Å². The molecule has 2 unspecified atom stereocenters. The Bertz CT molecular complexity index is 440. The average molecular weight is 277 g/mol. The molecule has 0 saturated carbocycles. The zero-order chi connectivity index (χ0) is 15.9. The number of benzene rings is 1. The fourth-order valence-corrected chi connectivity index (χ4v) is 2.37. The van der Waals surface area contributed by atoms with Crippen LogP contribution in [0.2, 0.25) is 0 Å². The summed E-state index contributed by atoms with van der Waals surface area (Å²) in [5.41, 5.74) is 9.12. The molecule has 0 radical (unpaired) electrons. The van der Waals surface area contributed by atoms with Crippen molar-refractivity contribution in [2.75, 3.05) is 0 Å². The lowest BCUT2D eigenvalue weighted by Gasteiger charge is -2.30. The zero-order valence-electron chi connectivity index (χ0n) is 14.3. The number of phenols is 1. The first-order valence-corrected chi connectivity index (χ1v) is 7.49. The highest BCUT2D eigenvalue weighted by atomic mass is 16.3. The van der Waals surface area contributed by atoms with Crippen LogP contribution < -0.4 is 5.73 Å². The predicted octanol–water partition coefficient (Wildman–Crippen LogP) is 4.44. The first-order valence-electron chi connectivity index (χ1n) is 7.49. The highest BCUT2D eigenvalue weighted by molar-refractivity contribution is 5.50. The van der Waals surface area contributed by atoms with Gasteiger partial charge in [0, 0.05) is 6.04 Å². The average Bonchev–Trinajstić information content (AvgIpc) is 2.24. The number of hydrogen-bond acceptors (Lipinski definition) is 2. The van der Waals surface area contributed by atoms with Gasteiger partial charge in [-0.25, -0.2) is 0 Å². The van der Waals surface area contributed by atoms with Crippen LogP contribution in [0.25, 0.3) is 0 Å². The SMILES string of the molecule is CC(N)C(C)c1cc(C(C)(C)C)c(O)c(C(C)(C)C)c1. The molecule has 20 heavy (non-hydrogen) atoms. The van der Waals surface area contributed by atoms with E-state index in [4.69, 9.17) is 5.73 Å². The molecule has 0 bridgehead atoms. The maximum Gasteiger partial charge on any atom is 0.123 e. The number of nitrogens with two attached hydrogens (primary N) is 1. The van der Waals surface area contributed by atoms with E-state index < -0.39 is 0 Å². The van der Waals surface area contributed by atoms with E-state index in [1.807, 2.05) is 6.92 Å². The smallest absolute Gasteiger partial charge is 0.123 e. The summed E-state index contributed by atoms with van der Waals surface area (Å²) in [7, 11) is 0. The molecule has 0 aromatic heterocycles. The molecule has 0 fully saturated rings.